The molecule has 4 nitrogen and oxygen atoms in total. The van der Waals surface area contributed by atoms with E-state index in [1.165, 1.54) is 16.3 Å². The van der Waals surface area contributed by atoms with Gasteiger partial charge < -0.3 is 9.80 Å². The molecule has 0 unspecified atom stereocenters. The van der Waals surface area contributed by atoms with Crippen molar-refractivity contribution in [2.45, 2.75) is 18.9 Å². The molecular formula is C19H20N2O2S. The molecule has 24 heavy (non-hydrogen) atoms. The summed E-state index contributed by atoms with van der Waals surface area (Å²) in [5.41, 5.74) is 1.22. The van der Waals surface area contributed by atoms with Crippen LogP contribution in [0.5, 0.6) is 0 Å². The second-order valence-corrected chi connectivity index (χ2v) is 7.34. The van der Waals surface area contributed by atoms with Gasteiger partial charge in [0.1, 0.15) is 6.54 Å². The number of rotatable bonds is 3. The van der Waals surface area contributed by atoms with E-state index >= 15 is 0 Å². The lowest BCUT2D eigenvalue weighted by molar-refractivity contribution is -0.138. The minimum Gasteiger partial charge on any atom is -0.334 e. The van der Waals surface area contributed by atoms with E-state index in [0.29, 0.717) is 11.6 Å². The average molecular weight is 340 g/mol. The van der Waals surface area contributed by atoms with Gasteiger partial charge in [-0.15, -0.1) is 11.8 Å². The van der Waals surface area contributed by atoms with Crippen molar-refractivity contribution >= 4 is 34.3 Å². The molecule has 2 heterocycles. The smallest absolute Gasteiger partial charge is 0.242 e. The van der Waals surface area contributed by atoms with E-state index in [1.54, 1.807) is 16.7 Å². The molecule has 2 aliphatic heterocycles. The van der Waals surface area contributed by atoms with Crippen LogP contribution in [0, 0.1) is 0 Å². The molecule has 2 amide bonds. The predicted molar refractivity (Wildman–Crippen MR) is 96.7 cm³/mol. The van der Waals surface area contributed by atoms with Gasteiger partial charge in [-0.1, -0.05) is 42.5 Å². The second kappa shape index (κ2) is 6.48. The summed E-state index contributed by atoms with van der Waals surface area (Å²) < 4.78 is 0. The van der Waals surface area contributed by atoms with Crippen LogP contribution < -0.4 is 0 Å². The molecule has 0 bridgehead atoms. The Morgan fingerprint density at radius 3 is 2.83 bits per heavy atom. The van der Waals surface area contributed by atoms with Crippen LogP contribution in [-0.2, 0) is 9.59 Å². The van der Waals surface area contributed by atoms with Gasteiger partial charge >= 0.3 is 0 Å². The molecule has 2 saturated heterocycles. The number of fused-ring (bicyclic) bond motifs is 1. The normalized spacial score (nSPS) is 21.0. The van der Waals surface area contributed by atoms with E-state index in [-0.39, 0.29) is 24.4 Å². The highest BCUT2D eigenvalue weighted by Crippen LogP contribution is 2.36. The van der Waals surface area contributed by atoms with Crippen molar-refractivity contribution in [3.05, 3.63) is 48.0 Å². The predicted octanol–water partition coefficient (Wildman–Crippen LogP) is 3.04. The van der Waals surface area contributed by atoms with Crippen LogP contribution in [0.1, 0.15) is 24.4 Å². The lowest BCUT2D eigenvalue weighted by atomic mass is 9.97. The zero-order valence-electron chi connectivity index (χ0n) is 13.5. The number of amides is 2. The number of hydrogen-bond acceptors (Lipinski definition) is 3. The summed E-state index contributed by atoms with van der Waals surface area (Å²) in [4.78, 5) is 28.2. The molecule has 2 fully saturated rings. The zero-order valence-corrected chi connectivity index (χ0v) is 14.3. The van der Waals surface area contributed by atoms with Gasteiger partial charge in [0, 0.05) is 6.54 Å². The van der Waals surface area contributed by atoms with Crippen molar-refractivity contribution in [2.75, 3.05) is 24.7 Å². The Bertz CT molecular complexity index is 787. The molecule has 5 heteroatoms. The molecule has 2 aromatic rings. The number of carbonyl (C=O) groups excluding carboxylic acids is 2. The van der Waals surface area contributed by atoms with Crippen molar-refractivity contribution in [3.8, 4) is 0 Å². The Labute approximate surface area is 145 Å². The second-order valence-electron chi connectivity index (χ2n) is 6.38. The van der Waals surface area contributed by atoms with Crippen LogP contribution in [0.15, 0.2) is 42.5 Å². The number of hydrogen-bond donors (Lipinski definition) is 0. The molecule has 0 radical (unpaired) electrons. The fourth-order valence-corrected chi connectivity index (χ4v) is 4.63. The summed E-state index contributed by atoms with van der Waals surface area (Å²) in [5.74, 6) is 1.28. The lowest BCUT2D eigenvalue weighted by Gasteiger charge is -2.28. The summed E-state index contributed by atoms with van der Waals surface area (Å²) >= 11 is 1.58. The maximum Gasteiger partial charge on any atom is 0.242 e. The van der Waals surface area contributed by atoms with Crippen molar-refractivity contribution < 1.29 is 9.59 Å². The van der Waals surface area contributed by atoms with Crippen LogP contribution in [0.4, 0.5) is 0 Å². The van der Waals surface area contributed by atoms with E-state index in [2.05, 4.69) is 30.3 Å². The minimum absolute atomic E-state index is 0.0706. The van der Waals surface area contributed by atoms with Crippen LogP contribution in [0.2, 0.25) is 0 Å². The lowest BCUT2D eigenvalue weighted by Crippen LogP contribution is -2.40. The van der Waals surface area contributed by atoms with E-state index in [0.717, 1.165) is 19.4 Å². The molecule has 0 N–H and O–H groups in total. The molecule has 4 rings (SSSR count). The Hall–Kier alpha value is -2.01. The Balaban J connectivity index is 1.60. The maximum atomic E-state index is 12.8. The Morgan fingerprint density at radius 2 is 2.00 bits per heavy atom. The summed E-state index contributed by atoms with van der Waals surface area (Å²) in [7, 11) is 0. The van der Waals surface area contributed by atoms with Gasteiger partial charge in [-0.25, -0.2) is 0 Å². The molecule has 0 aromatic heterocycles. The van der Waals surface area contributed by atoms with E-state index in [9.17, 15) is 9.59 Å². The van der Waals surface area contributed by atoms with Gasteiger partial charge in [0.2, 0.25) is 11.8 Å². The number of benzene rings is 2. The zero-order chi connectivity index (χ0) is 16.5. The molecule has 1 atom stereocenters. The fourth-order valence-electron chi connectivity index (χ4n) is 3.72. The highest BCUT2D eigenvalue weighted by Gasteiger charge is 2.33. The summed E-state index contributed by atoms with van der Waals surface area (Å²) in [6, 6.07) is 14.8. The van der Waals surface area contributed by atoms with Crippen LogP contribution in [0.25, 0.3) is 10.8 Å². The number of likely N-dealkylation sites (tertiary alicyclic amines) is 1. The van der Waals surface area contributed by atoms with Crippen molar-refractivity contribution in [1.29, 1.82) is 0 Å². The van der Waals surface area contributed by atoms with Gasteiger partial charge in [-0.3, -0.25) is 9.59 Å². The van der Waals surface area contributed by atoms with Crippen LogP contribution in [-0.4, -0.2) is 46.3 Å². The molecule has 0 spiro atoms. The number of nitrogens with zero attached hydrogens (tertiary/aromatic N) is 2. The molecule has 0 saturated carbocycles. The number of carbonyl (C=O) groups is 2. The van der Waals surface area contributed by atoms with Crippen molar-refractivity contribution in [3.63, 3.8) is 0 Å². The third-order valence-electron chi connectivity index (χ3n) is 4.91. The van der Waals surface area contributed by atoms with Gasteiger partial charge in [0.15, 0.2) is 0 Å². The first-order valence-corrected chi connectivity index (χ1v) is 9.52. The van der Waals surface area contributed by atoms with E-state index in [1.807, 2.05) is 17.0 Å². The molecule has 124 valence electrons. The monoisotopic (exact) mass is 340 g/mol. The minimum atomic E-state index is 0.0706. The highest BCUT2D eigenvalue weighted by molar-refractivity contribution is 8.00. The van der Waals surface area contributed by atoms with Gasteiger partial charge in [0.25, 0.3) is 0 Å². The van der Waals surface area contributed by atoms with Crippen LogP contribution >= 0.6 is 11.8 Å². The standard InChI is InChI=1S/C19H20N2O2S/c22-18(11-20-13-24-12-19(20)23)21-10-4-9-17(21)16-8-3-6-14-5-1-2-7-15(14)16/h1-3,5-8,17H,4,9-13H2/t17-/m0/s1. The van der Waals surface area contributed by atoms with Crippen LogP contribution in [0.3, 0.4) is 0 Å². The topological polar surface area (TPSA) is 40.6 Å². The van der Waals surface area contributed by atoms with Crippen molar-refractivity contribution in [2.24, 2.45) is 0 Å². The Kier molecular flexibility index (Phi) is 4.19. The molecular weight excluding hydrogens is 320 g/mol. The first kappa shape index (κ1) is 15.5. The summed E-state index contributed by atoms with van der Waals surface area (Å²) in [6.45, 7) is 0.995. The van der Waals surface area contributed by atoms with Gasteiger partial charge in [0.05, 0.1) is 17.7 Å². The largest absolute Gasteiger partial charge is 0.334 e. The molecule has 2 aliphatic rings. The highest BCUT2D eigenvalue weighted by atomic mass is 32.2. The first-order chi connectivity index (χ1) is 11.7. The SMILES string of the molecule is O=C1CSCN1CC(=O)N1CCC[C@H]1c1cccc2ccccc12. The third kappa shape index (κ3) is 2.77. The first-order valence-electron chi connectivity index (χ1n) is 8.37. The quantitative estimate of drug-likeness (QED) is 0.862. The van der Waals surface area contributed by atoms with Crippen molar-refractivity contribution in [1.82, 2.24) is 9.80 Å². The van der Waals surface area contributed by atoms with Gasteiger partial charge in [-0.05, 0) is 29.2 Å². The maximum absolute atomic E-state index is 12.8. The Morgan fingerprint density at radius 1 is 1.17 bits per heavy atom. The number of thioether (sulfide) groups is 1. The average Bonchev–Trinajstić information content (AvgIpc) is 3.24. The summed E-state index contributed by atoms with van der Waals surface area (Å²) in [5, 5.41) is 2.43. The van der Waals surface area contributed by atoms with E-state index < -0.39 is 0 Å². The molecule has 2 aromatic carbocycles. The third-order valence-corrected chi connectivity index (χ3v) is 5.85. The fraction of sp³-hybridized carbons (Fsp3) is 0.368. The summed E-state index contributed by atoms with van der Waals surface area (Å²) in [6.07, 6.45) is 2.00. The van der Waals surface area contributed by atoms with E-state index in [4.69, 9.17) is 0 Å². The van der Waals surface area contributed by atoms with Gasteiger partial charge in [-0.2, -0.15) is 0 Å². The molecule has 0 aliphatic carbocycles.